The average molecular weight is 279 g/mol. The van der Waals surface area contributed by atoms with Crippen molar-refractivity contribution in [2.45, 2.75) is 19.0 Å². The third-order valence-electron chi connectivity index (χ3n) is 3.24. The molecule has 2 N–H and O–H groups in total. The molecule has 1 aromatic heterocycles. The minimum Gasteiger partial charge on any atom is -0.478 e. The number of amides is 1. The van der Waals surface area contributed by atoms with Crippen LogP contribution in [-0.4, -0.2) is 53.3 Å². The molecule has 1 unspecified atom stereocenters. The first-order chi connectivity index (χ1) is 9.58. The number of aromatic carboxylic acids is 1. The predicted octanol–water partition coefficient (Wildman–Crippen LogP) is 0.710. The number of pyridine rings is 1. The van der Waals surface area contributed by atoms with Gasteiger partial charge in [-0.3, -0.25) is 9.88 Å². The molecule has 7 heteroatoms. The second-order valence-electron chi connectivity index (χ2n) is 4.70. The number of nitrogens with zero attached hydrogens (tertiary/aromatic N) is 2. The highest BCUT2D eigenvalue weighted by Gasteiger charge is 2.24. The highest BCUT2D eigenvalue weighted by molar-refractivity contribution is 5.87. The molecule has 0 aliphatic carbocycles. The number of carbonyl (C=O) groups excluding carboxylic acids is 1. The van der Waals surface area contributed by atoms with E-state index in [-0.39, 0.29) is 11.6 Å². The summed E-state index contributed by atoms with van der Waals surface area (Å²) < 4.78 is 4.56. The van der Waals surface area contributed by atoms with Gasteiger partial charge < -0.3 is 15.2 Å². The van der Waals surface area contributed by atoms with E-state index < -0.39 is 12.1 Å². The molecule has 0 spiro atoms. The number of carboxylic acid groups (broad SMARTS) is 1. The normalized spacial score (nSPS) is 18.8. The van der Waals surface area contributed by atoms with E-state index in [4.69, 9.17) is 5.11 Å². The molecule has 1 atom stereocenters. The van der Waals surface area contributed by atoms with Gasteiger partial charge in [0.05, 0.1) is 18.4 Å². The summed E-state index contributed by atoms with van der Waals surface area (Å²) in [6, 6.07) is 3.34. The van der Waals surface area contributed by atoms with E-state index in [1.165, 1.54) is 13.3 Å². The van der Waals surface area contributed by atoms with E-state index in [1.807, 2.05) is 0 Å². The summed E-state index contributed by atoms with van der Waals surface area (Å²) in [4.78, 5) is 28.1. The van der Waals surface area contributed by atoms with Crippen LogP contribution in [0.2, 0.25) is 0 Å². The van der Waals surface area contributed by atoms with Gasteiger partial charge in [0.15, 0.2) is 0 Å². The number of hydrogen-bond donors (Lipinski definition) is 2. The third kappa shape index (κ3) is 3.67. The zero-order valence-corrected chi connectivity index (χ0v) is 11.2. The van der Waals surface area contributed by atoms with Gasteiger partial charge in [0.2, 0.25) is 0 Å². The molecule has 0 bridgehead atoms. The number of methoxy groups -OCH3 is 1. The molecule has 1 saturated heterocycles. The summed E-state index contributed by atoms with van der Waals surface area (Å²) in [7, 11) is 1.34. The maximum atomic E-state index is 11.1. The molecular weight excluding hydrogens is 262 g/mol. The van der Waals surface area contributed by atoms with Crippen molar-refractivity contribution in [3.8, 4) is 0 Å². The molecule has 7 nitrogen and oxygen atoms in total. The van der Waals surface area contributed by atoms with Crippen molar-refractivity contribution in [3.05, 3.63) is 29.6 Å². The van der Waals surface area contributed by atoms with E-state index >= 15 is 0 Å². The topological polar surface area (TPSA) is 91.8 Å². The molecule has 108 valence electrons. The van der Waals surface area contributed by atoms with Crippen molar-refractivity contribution in [1.82, 2.24) is 15.2 Å². The van der Waals surface area contributed by atoms with Crippen LogP contribution < -0.4 is 5.32 Å². The molecule has 0 aromatic carbocycles. The Hall–Kier alpha value is -2.15. The summed E-state index contributed by atoms with van der Waals surface area (Å²) in [5, 5.41) is 11.6. The number of alkyl carbamates (subject to hydrolysis) is 1. The Kier molecular flexibility index (Phi) is 4.52. The third-order valence-corrected chi connectivity index (χ3v) is 3.24. The van der Waals surface area contributed by atoms with E-state index in [0.29, 0.717) is 6.54 Å². The molecule has 1 aromatic rings. The van der Waals surface area contributed by atoms with Crippen molar-refractivity contribution >= 4 is 12.1 Å². The maximum Gasteiger partial charge on any atom is 0.407 e. The number of carboxylic acids is 1. The largest absolute Gasteiger partial charge is 0.478 e. The molecule has 2 rings (SSSR count). The molecule has 1 fully saturated rings. The Morgan fingerprint density at radius 2 is 2.35 bits per heavy atom. The Balaban J connectivity index is 1.85. The van der Waals surface area contributed by atoms with Crippen LogP contribution in [0.25, 0.3) is 0 Å². The van der Waals surface area contributed by atoms with Gasteiger partial charge in [-0.1, -0.05) is 0 Å². The molecule has 1 amide bonds. The highest BCUT2D eigenvalue weighted by atomic mass is 16.5. The van der Waals surface area contributed by atoms with Crippen LogP contribution in [0, 0.1) is 0 Å². The number of hydrogen-bond acceptors (Lipinski definition) is 5. The zero-order chi connectivity index (χ0) is 14.5. The van der Waals surface area contributed by atoms with Gasteiger partial charge in [0.1, 0.15) is 0 Å². The minimum atomic E-state index is -0.979. The van der Waals surface area contributed by atoms with Crippen molar-refractivity contribution < 1.29 is 19.4 Å². The molecule has 2 heterocycles. The summed E-state index contributed by atoms with van der Waals surface area (Å²) in [5.41, 5.74) is 0.995. The molecular formula is C13H17N3O4. The van der Waals surface area contributed by atoms with Crippen LogP contribution in [0.15, 0.2) is 18.3 Å². The van der Waals surface area contributed by atoms with Crippen LogP contribution in [0.4, 0.5) is 4.79 Å². The van der Waals surface area contributed by atoms with Gasteiger partial charge in [-0.05, 0) is 18.6 Å². The molecule has 1 aliphatic rings. The summed E-state index contributed by atoms with van der Waals surface area (Å²) in [6.07, 6.45) is 1.81. The predicted molar refractivity (Wildman–Crippen MR) is 70.4 cm³/mol. The minimum absolute atomic E-state index is 0.0840. The van der Waals surface area contributed by atoms with Crippen LogP contribution >= 0.6 is 0 Å². The average Bonchev–Trinajstić information content (AvgIpc) is 2.86. The Bertz CT molecular complexity index is 489. The van der Waals surface area contributed by atoms with Crippen molar-refractivity contribution in [2.75, 3.05) is 20.2 Å². The molecule has 0 saturated carbocycles. The number of ether oxygens (including phenoxy) is 1. The van der Waals surface area contributed by atoms with E-state index in [1.54, 1.807) is 12.1 Å². The monoisotopic (exact) mass is 279 g/mol. The lowest BCUT2D eigenvalue weighted by atomic mass is 10.2. The SMILES string of the molecule is COC(=O)NC1CCN(Cc2ccc(C(=O)O)cn2)C1. The Morgan fingerprint density at radius 1 is 1.55 bits per heavy atom. The fourth-order valence-electron chi connectivity index (χ4n) is 2.19. The second-order valence-corrected chi connectivity index (χ2v) is 4.70. The van der Waals surface area contributed by atoms with Crippen molar-refractivity contribution in [2.24, 2.45) is 0 Å². The number of nitrogens with one attached hydrogen (secondary N) is 1. The highest BCUT2D eigenvalue weighted by Crippen LogP contribution is 2.13. The van der Waals surface area contributed by atoms with E-state index in [9.17, 15) is 9.59 Å². The van der Waals surface area contributed by atoms with Crippen molar-refractivity contribution in [3.63, 3.8) is 0 Å². The number of aromatic nitrogens is 1. The first-order valence-corrected chi connectivity index (χ1v) is 6.33. The number of rotatable bonds is 4. The van der Waals surface area contributed by atoms with Gasteiger partial charge in [-0.2, -0.15) is 0 Å². The maximum absolute atomic E-state index is 11.1. The summed E-state index contributed by atoms with van der Waals surface area (Å²) >= 11 is 0. The standard InChI is InChI=1S/C13H17N3O4/c1-20-13(19)15-11-4-5-16(8-11)7-10-3-2-9(6-14-10)12(17)18/h2-3,6,11H,4-5,7-8H2,1H3,(H,15,19)(H,17,18). The van der Waals surface area contributed by atoms with Gasteiger partial charge >= 0.3 is 12.1 Å². The lowest BCUT2D eigenvalue weighted by Crippen LogP contribution is -2.36. The fourth-order valence-corrected chi connectivity index (χ4v) is 2.19. The van der Waals surface area contributed by atoms with Gasteiger partial charge in [-0.15, -0.1) is 0 Å². The van der Waals surface area contributed by atoms with Gasteiger partial charge in [0, 0.05) is 31.9 Å². The second kappa shape index (κ2) is 6.33. The lowest BCUT2D eigenvalue weighted by molar-refractivity contribution is 0.0696. The number of carbonyl (C=O) groups is 2. The smallest absolute Gasteiger partial charge is 0.407 e. The molecule has 0 radical (unpaired) electrons. The molecule has 20 heavy (non-hydrogen) atoms. The first-order valence-electron chi connectivity index (χ1n) is 6.33. The fraction of sp³-hybridized carbons (Fsp3) is 0.462. The zero-order valence-electron chi connectivity index (χ0n) is 11.2. The molecule has 1 aliphatic heterocycles. The quantitative estimate of drug-likeness (QED) is 0.843. The number of likely N-dealkylation sites (tertiary alicyclic amines) is 1. The van der Waals surface area contributed by atoms with E-state index in [0.717, 1.165) is 25.2 Å². The van der Waals surface area contributed by atoms with Crippen molar-refractivity contribution in [1.29, 1.82) is 0 Å². The van der Waals surface area contributed by atoms with E-state index in [2.05, 4.69) is 19.9 Å². The van der Waals surface area contributed by atoms with Crippen LogP contribution in [0.3, 0.4) is 0 Å². The lowest BCUT2D eigenvalue weighted by Gasteiger charge is -2.15. The Morgan fingerprint density at radius 3 is 2.95 bits per heavy atom. The Labute approximate surface area is 116 Å². The van der Waals surface area contributed by atoms with Gasteiger partial charge in [0.25, 0.3) is 0 Å². The van der Waals surface area contributed by atoms with Crippen LogP contribution in [0.5, 0.6) is 0 Å². The summed E-state index contributed by atoms with van der Waals surface area (Å²) in [6.45, 7) is 2.23. The summed E-state index contributed by atoms with van der Waals surface area (Å²) in [5.74, 6) is -0.979. The van der Waals surface area contributed by atoms with Crippen LogP contribution in [-0.2, 0) is 11.3 Å². The first kappa shape index (κ1) is 14.3. The van der Waals surface area contributed by atoms with Crippen LogP contribution in [0.1, 0.15) is 22.5 Å². The van der Waals surface area contributed by atoms with Gasteiger partial charge in [-0.25, -0.2) is 9.59 Å².